The molecule has 1 aliphatic rings. The number of hydrogen-bond donors (Lipinski definition) is 1. The van der Waals surface area contributed by atoms with Crippen LogP contribution in [-0.4, -0.2) is 45.5 Å². The van der Waals surface area contributed by atoms with Gasteiger partial charge in [-0.1, -0.05) is 6.92 Å². The first-order valence-corrected chi connectivity index (χ1v) is 8.61. The Hall–Kier alpha value is -2.12. The molecule has 0 spiro atoms. The summed E-state index contributed by atoms with van der Waals surface area (Å²) in [6.45, 7) is 6.84. The van der Waals surface area contributed by atoms with Crippen molar-refractivity contribution in [1.29, 1.82) is 0 Å². The molecule has 2 aromatic rings. The van der Waals surface area contributed by atoms with Crippen molar-refractivity contribution in [1.82, 2.24) is 19.7 Å². The average Bonchev–Trinajstić information content (AvgIpc) is 2.94. The Kier molecular flexibility index (Phi) is 5.24. The van der Waals surface area contributed by atoms with Gasteiger partial charge in [-0.25, -0.2) is 0 Å². The molecule has 0 saturated heterocycles. The Morgan fingerprint density at radius 2 is 1.92 bits per heavy atom. The maximum Gasteiger partial charge on any atom is 0.147 e. The van der Waals surface area contributed by atoms with Crippen LogP contribution in [0, 0.1) is 6.92 Å². The normalized spacial score (nSPS) is 17.4. The number of benzene rings is 1. The van der Waals surface area contributed by atoms with Crippen LogP contribution in [0.3, 0.4) is 0 Å². The van der Waals surface area contributed by atoms with E-state index in [0.717, 1.165) is 41.5 Å². The van der Waals surface area contributed by atoms with Gasteiger partial charge in [-0.15, -0.1) is 10.2 Å². The zero-order chi connectivity index (χ0) is 18.0. The summed E-state index contributed by atoms with van der Waals surface area (Å²) in [6.07, 6.45) is 0.403. The lowest BCUT2D eigenvalue weighted by Crippen LogP contribution is -2.34. The minimum Gasteiger partial charge on any atom is -0.496 e. The van der Waals surface area contributed by atoms with Crippen molar-refractivity contribution in [3.05, 3.63) is 34.9 Å². The van der Waals surface area contributed by atoms with Crippen LogP contribution in [0.15, 0.2) is 12.1 Å². The molecule has 0 saturated carbocycles. The molecule has 136 valence electrons. The zero-order valence-corrected chi connectivity index (χ0v) is 15.3. The summed E-state index contributed by atoms with van der Waals surface area (Å²) in [6, 6.07) is 3.73. The molecule has 0 aliphatic carbocycles. The highest BCUT2D eigenvalue weighted by molar-refractivity contribution is 5.51. The lowest BCUT2D eigenvalue weighted by atomic mass is 9.95. The molecule has 0 fully saturated rings. The summed E-state index contributed by atoms with van der Waals surface area (Å²) in [4.78, 5) is 2.17. The quantitative estimate of drug-likeness (QED) is 0.863. The Bertz CT molecular complexity index is 744. The van der Waals surface area contributed by atoms with Gasteiger partial charge >= 0.3 is 0 Å². The molecule has 0 radical (unpaired) electrons. The van der Waals surface area contributed by atoms with Crippen LogP contribution in [0.4, 0.5) is 0 Å². The Labute approximate surface area is 148 Å². The van der Waals surface area contributed by atoms with Crippen LogP contribution in [0.25, 0.3) is 0 Å². The first kappa shape index (κ1) is 17.7. The van der Waals surface area contributed by atoms with Gasteiger partial charge in [0.2, 0.25) is 0 Å². The van der Waals surface area contributed by atoms with Crippen LogP contribution >= 0.6 is 0 Å². The standard InChI is InChI=1S/C18H26N4O3/c1-5-8-22-12(2)19-20-17(22)11-21-9-13-15(24-3)6-7-16(25-4)18(13)14(23)10-21/h6-7,14,23H,5,8-11H2,1-4H3/t14-/m0/s1. The number of aryl methyl sites for hydroxylation is 1. The van der Waals surface area contributed by atoms with Gasteiger partial charge in [0.25, 0.3) is 0 Å². The lowest BCUT2D eigenvalue weighted by Gasteiger charge is -2.33. The van der Waals surface area contributed by atoms with E-state index in [0.29, 0.717) is 25.4 Å². The Morgan fingerprint density at radius 3 is 2.60 bits per heavy atom. The van der Waals surface area contributed by atoms with Crippen molar-refractivity contribution < 1.29 is 14.6 Å². The number of aliphatic hydroxyl groups excluding tert-OH is 1. The monoisotopic (exact) mass is 346 g/mol. The van der Waals surface area contributed by atoms with Gasteiger partial charge in [-0.3, -0.25) is 4.90 Å². The number of ether oxygens (including phenoxy) is 2. The van der Waals surface area contributed by atoms with E-state index in [9.17, 15) is 5.11 Å². The third-order valence-electron chi connectivity index (χ3n) is 4.68. The van der Waals surface area contributed by atoms with Crippen molar-refractivity contribution in [3.8, 4) is 11.5 Å². The van der Waals surface area contributed by atoms with E-state index >= 15 is 0 Å². The zero-order valence-electron chi connectivity index (χ0n) is 15.3. The van der Waals surface area contributed by atoms with Crippen LogP contribution in [0.5, 0.6) is 11.5 Å². The molecule has 25 heavy (non-hydrogen) atoms. The topological polar surface area (TPSA) is 72.6 Å². The van der Waals surface area contributed by atoms with Crippen LogP contribution in [0.2, 0.25) is 0 Å². The van der Waals surface area contributed by atoms with Gasteiger partial charge in [-0.05, 0) is 25.5 Å². The fourth-order valence-corrected chi connectivity index (χ4v) is 3.52. The summed E-state index contributed by atoms with van der Waals surface area (Å²) >= 11 is 0. The summed E-state index contributed by atoms with van der Waals surface area (Å²) in [7, 11) is 3.27. The van der Waals surface area contributed by atoms with E-state index in [2.05, 4.69) is 26.6 Å². The molecule has 0 amide bonds. The first-order chi connectivity index (χ1) is 12.1. The van der Waals surface area contributed by atoms with E-state index in [1.165, 1.54) is 0 Å². The number of β-amino-alcohol motifs (C(OH)–C–C–N with tert-alkyl or cyclic N) is 1. The molecule has 7 heteroatoms. The lowest BCUT2D eigenvalue weighted by molar-refractivity contribution is 0.0820. The second-order valence-corrected chi connectivity index (χ2v) is 6.36. The minimum atomic E-state index is -0.627. The summed E-state index contributed by atoms with van der Waals surface area (Å²) in [5.74, 6) is 3.32. The molecular formula is C18H26N4O3. The molecule has 1 N–H and O–H groups in total. The molecule has 2 heterocycles. The predicted molar refractivity (Wildman–Crippen MR) is 93.7 cm³/mol. The third-order valence-corrected chi connectivity index (χ3v) is 4.68. The number of methoxy groups -OCH3 is 2. The second kappa shape index (κ2) is 7.41. The number of hydrogen-bond acceptors (Lipinski definition) is 6. The van der Waals surface area contributed by atoms with Gasteiger partial charge < -0.3 is 19.1 Å². The van der Waals surface area contributed by atoms with Crippen LogP contribution < -0.4 is 9.47 Å². The highest BCUT2D eigenvalue weighted by atomic mass is 16.5. The van der Waals surface area contributed by atoms with Gasteiger partial charge in [0.05, 0.1) is 26.9 Å². The molecule has 1 aromatic heterocycles. The van der Waals surface area contributed by atoms with Crippen LogP contribution in [0.1, 0.15) is 42.2 Å². The Balaban J connectivity index is 1.89. The molecule has 1 aliphatic heterocycles. The number of nitrogens with zero attached hydrogens (tertiary/aromatic N) is 4. The molecule has 1 aromatic carbocycles. The summed E-state index contributed by atoms with van der Waals surface area (Å²) < 4.78 is 13.1. The second-order valence-electron chi connectivity index (χ2n) is 6.36. The van der Waals surface area contributed by atoms with Gasteiger partial charge in [0.1, 0.15) is 23.1 Å². The molecule has 0 bridgehead atoms. The SMILES string of the molecule is CCCn1c(C)nnc1CN1Cc2c(OC)ccc(OC)c2[C@@H](O)C1. The fourth-order valence-electron chi connectivity index (χ4n) is 3.52. The highest BCUT2D eigenvalue weighted by Gasteiger charge is 2.30. The fraction of sp³-hybridized carbons (Fsp3) is 0.556. The van der Waals surface area contributed by atoms with Crippen molar-refractivity contribution in [2.24, 2.45) is 0 Å². The summed E-state index contributed by atoms with van der Waals surface area (Å²) in [5.41, 5.74) is 1.79. The maximum absolute atomic E-state index is 10.7. The molecule has 3 rings (SSSR count). The smallest absolute Gasteiger partial charge is 0.147 e. The van der Waals surface area contributed by atoms with E-state index < -0.39 is 6.10 Å². The molecular weight excluding hydrogens is 320 g/mol. The van der Waals surface area contributed by atoms with Crippen molar-refractivity contribution in [2.75, 3.05) is 20.8 Å². The van der Waals surface area contributed by atoms with Gasteiger partial charge in [0, 0.05) is 30.8 Å². The van der Waals surface area contributed by atoms with E-state index in [1.807, 2.05) is 19.1 Å². The molecule has 1 atom stereocenters. The van der Waals surface area contributed by atoms with Crippen molar-refractivity contribution in [2.45, 2.75) is 46.0 Å². The number of aromatic nitrogens is 3. The number of rotatable bonds is 6. The first-order valence-electron chi connectivity index (χ1n) is 8.61. The number of fused-ring (bicyclic) bond motifs is 1. The molecule has 0 unspecified atom stereocenters. The maximum atomic E-state index is 10.7. The van der Waals surface area contributed by atoms with Crippen molar-refractivity contribution >= 4 is 0 Å². The minimum absolute atomic E-state index is 0.522. The summed E-state index contributed by atoms with van der Waals surface area (Å²) in [5, 5.41) is 19.2. The van der Waals surface area contributed by atoms with E-state index in [-0.39, 0.29) is 0 Å². The third kappa shape index (κ3) is 3.34. The molecule has 7 nitrogen and oxygen atoms in total. The van der Waals surface area contributed by atoms with E-state index in [4.69, 9.17) is 9.47 Å². The average molecular weight is 346 g/mol. The predicted octanol–water partition coefficient (Wildman–Crippen LogP) is 2.06. The van der Waals surface area contributed by atoms with Crippen molar-refractivity contribution in [3.63, 3.8) is 0 Å². The van der Waals surface area contributed by atoms with Crippen LogP contribution in [-0.2, 0) is 19.6 Å². The van der Waals surface area contributed by atoms with E-state index in [1.54, 1.807) is 14.2 Å². The largest absolute Gasteiger partial charge is 0.496 e. The number of aliphatic hydroxyl groups is 1. The Morgan fingerprint density at radius 1 is 1.20 bits per heavy atom. The van der Waals surface area contributed by atoms with Gasteiger partial charge in [0.15, 0.2) is 0 Å². The highest BCUT2D eigenvalue weighted by Crippen LogP contribution is 2.39. The van der Waals surface area contributed by atoms with Gasteiger partial charge in [-0.2, -0.15) is 0 Å².